The van der Waals surface area contributed by atoms with Crippen molar-refractivity contribution in [3.63, 3.8) is 0 Å². The SMILES string of the molecule is Cc1ccc(S(=O)(=O)NC23NC2CCc2ccccc23)cc1. The van der Waals surface area contributed by atoms with Crippen LogP contribution in [0.15, 0.2) is 53.4 Å². The molecular weight excluding hydrogens is 296 g/mol. The Balaban J connectivity index is 1.71. The molecule has 22 heavy (non-hydrogen) atoms. The molecule has 0 saturated carbocycles. The Kier molecular flexibility index (Phi) is 2.95. The predicted molar refractivity (Wildman–Crippen MR) is 84.9 cm³/mol. The van der Waals surface area contributed by atoms with Gasteiger partial charge in [-0.15, -0.1) is 0 Å². The van der Waals surface area contributed by atoms with E-state index in [2.05, 4.69) is 16.1 Å². The van der Waals surface area contributed by atoms with Gasteiger partial charge in [-0.3, -0.25) is 5.32 Å². The van der Waals surface area contributed by atoms with Gasteiger partial charge in [-0.05, 0) is 43.0 Å². The van der Waals surface area contributed by atoms with Gasteiger partial charge in [0.1, 0.15) is 5.66 Å². The van der Waals surface area contributed by atoms with Gasteiger partial charge in [0.2, 0.25) is 10.0 Å². The number of hydrogen-bond acceptors (Lipinski definition) is 3. The molecule has 1 fully saturated rings. The second kappa shape index (κ2) is 4.65. The zero-order valence-electron chi connectivity index (χ0n) is 12.3. The summed E-state index contributed by atoms with van der Waals surface area (Å²) in [6, 6.07) is 15.2. The van der Waals surface area contributed by atoms with Gasteiger partial charge >= 0.3 is 0 Å². The minimum atomic E-state index is -3.55. The van der Waals surface area contributed by atoms with Crippen molar-refractivity contribution >= 4 is 10.0 Å². The fourth-order valence-corrected chi connectivity index (χ4v) is 4.70. The molecule has 1 heterocycles. The molecule has 5 heteroatoms. The highest BCUT2D eigenvalue weighted by atomic mass is 32.2. The molecule has 2 N–H and O–H groups in total. The van der Waals surface area contributed by atoms with Crippen LogP contribution in [0.25, 0.3) is 0 Å². The van der Waals surface area contributed by atoms with Crippen molar-refractivity contribution in [2.75, 3.05) is 0 Å². The minimum absolute atomic E-state index is 0.183. The van der Waals surface area contributed by atoms with Crippen molar-refractivity contribution in [1.82, 2.24) is 10.0 Å². The van der Waals surface area contributed by atoms with Crippen molar-refractivity contribution in [3.8, 4) is 0 Å². The van der Waals surface area contributed by atoms with Crippen LogP contribution in [-0.4, -0.2) is 14.5 Å². The van der Waals surface area contributed by atoms with Crippen LogP contribution in [0.1, 0.15) is 23.1 Å². The molecule has 2 aromatic rings. The molecule has 1 aliphatic carbocycles. The van der Waals surface area contributed by atoms with Crippen LogP contribution in [0, 0.1) is 6.92 Å². The van der Waals surface area contributed by atoms with E-state index in [4.69, 9.17) is 0 Å². The highest BCUT2D eigenvalue weighted by molar-refractivity contribution is 7.89. The summed E-state index contributed by atoms with van der Waals surface area (Å²) >= 11 is 0. The quantitative estimate of drug-likeness (QED) is 0.852. The summed E-state index contributed by atoms with van der Waals surface area (Å²) in [7, 11) is -3.55. The molecule has 0 radical (unpaired) electrons. The third-order valence-corrected chi connectivity index (χ3v) is 6.10. The summed E-state index contributed by atoms with van der Waals surface area (Å²) in [4.78, 5) is 0.308. The van der Waals surface area contributed by atoms with Crippen molar-refractivity contribution in [2.24, 2.45) is 0 Å². The fourth-order valence-electron chi connectivity index (χ4n) is 3.35. The van der Waals surface area contributed by atoms with E-state index in [0.717, 1.165) is 24.0 Å². The van der Waals surface area contributed by atoms with Crippen LogP contribution in [0.5, 0.6) is 0 Å². The number of rotatable bonds is 3. The maximum absolute atomic E-state index is 12.7. The van der Waals surface area contributed by atoms with Gasteiger partial charge < -0.3 is 0 Å². The van der Waals surface area contributed by atoms with Crippen LogP contribution >= 0.6 is 0 Å². The average Bonchev–Trinajstić information content (AvgIpc) is 3.21. The highest BCUT2D eigenvalue weighted by Crippen LogP contribution is 2.44. The summed E-state index contributed by atoms with van der Waals surface area (Å²) in [5, 5.41) is 3.35. The Morgan fingerprint density at radius 1 is 1.14 bits per heavy atom. The first kappa shape index (κ1) is 13.9. The lowest BCUT2D eigenvalue weighted by atomic mass is 9.88. The van der Waals surface area contributed by atoms with Gasteiger partial charge in [-0.2, -0.15) is 4.72 Å². The second-order valence-electron chi connectivity index (χ2n) is 6.12. The third-order valence-electron chi connectivity index (χ3n) is 4.61. The normalized spacial score (nSPS) is 26.1. The first-order valence-electron chi connectivity index (χ1n) is 7.48. The van der Waals surface area contributed by atoms with E-state index in [-0.39, 0.29) is 6.04 Å². The van der Waals surface area contributed by atoms with Crippen molar-refractivity contribution in [3.05, 3.63) is 65.2 Å². The molecule has 0 spiro atoms. The summed E-state index contributed by atoms with van der Waals surface area (Å²) in [6.07, 6.45) is 1.94. The number of hydrogen-bond donors (Lipinski definition) is 2. The molecule has 114 valence electrons. The van der Waals surface area contributed by atoms with Crippen molar-refractivity contribution in [2.45, 2.75) is 36.4 Å². The van der Waals surface area contributed by atoms with Gasteiger partial charge in [-0.25, -0.2) is 8.42 Å². The number of sulfonamides is 1. The summed E-state index contributed by atoms with van der Waals surface area (Å²) in [5.74, 6) is 0. The lowest BCUT2D eigenvalue weighted by Gasteiger charge is -2.24. The Morgan fingerprint density at radius 2 is 1.86 bits per heavy atom. The largest absolute Gasteiger partial charge is 0.287 e. The van der Waals surface area contributed by atoms with E-state index in [0.29, 0.717) is 4.90 Å². The predicted octanol–water partition coefficient (Wildman–Crippen LogP) is 2.04. The zero-order chi connectivity index (χ0) is 15.4. The van der Waals surface area contributed by atoms with Crippen LogP contribution in [0.4, 0.5) is 0 Å². The summed E-state index contributed by atoms with van der Waals surface area (Å²) < 4.78 is 28.3. The molecule has 2 atom stereocenters. The molecule has 4 rings (SSSR count). The first-order chi connectivity index (χ1) is 10.5. The van der Waals surface area contributed by atoms with E-state index < -0.39 is 15.7 Å². The molecule has 1 saturated heterocycles. The molecule has 0 bridgehead atoms. The van der Waals surface area contributed by atoms with Gasteiger partial charge in [0.15, 0.2) is 0 Å². The minimum Gasteiger partial charge on any atom is -0.287 e. The maximum Gasteiger partial charge on any atom is 0.242 e. The standard InChI is InChI=1S/C17H18N2O2S/c1-12-6-9-14(10-7-12)22(20,21)19-17-15-5-3-2-4-13(15)8-11-16(17)18-17/h2-7,9-10,16,18-19H,8,11H2,1H3. The van der Waals surface area contributed by atoms with Crippen molar-refractivity contribution in [1.29, 1.82) is 0 Å². The monoisotopic (exact) mass is 314 g/mol. The smallest absolute Gasteiger partial charge is 0.242 e. The molecule has 2 aliphatic rings. The van der Waals surface area contributed by atoms with E-state index in [1.54, 1.807) is 12.1 Å². The number of nitrogens with one attached hydrogen (secondary N) is 2. The molecule has 4 nitrogen and oxygen atoms in total. The lowest BCUT2D eigenvalue weighted by molar-refractivity contribution is 0.518. The Hall–Kier alpha value is -1.69. The maximum atomic E-state index is 12.7. The molecule has 2 unspecified atom stereocenters. The Labute approximate surface area is 130 Å². The Bertz CT molecular complexity index is 830. The molecular formula is C17H18N2O2S. The van der Waals surface area contributed by atoms with Gasteiger partial charge in [0.05, 0.1) is 4.90 Å². The molecule has 2 aromatic carbocycles. The van der Waals surface area contributed by atoms with E-state index in [1.807, 2.05) is 37.3 Å². The number of benzene rings is 2. The van der Waals surface area contributed by atoms with Gasteiger partial charge in [0, 0.05) is 6.04 Å². The van der Waals surface area contributed by atoms with Crippen LogP contribution in [0.3, 0.4) is 0 Å². The van der Waals surface area contributed by atoms with Crippen LogP contribution in [-0.2, 0) is 22.1 Å². The van der Waals surface area contributed by atoms with E-state index in [1.165, 1.54) is 5.56 Å². The van der Waals surface area contributed by atoms with Crippen LogP contribution in [0.2, 0.25) is 0 Å². The summed E-state index contributed by atoms with van der Waals surface area (Å²) in [5.41, 5.74) is 2.69. The van der Waals surface area contributed by atoms with E-state index in [9.17, 15) is 8.42 Å². The third kappa shape index (κ3) is 2.08. The lowest BCUT2D eigenvalue weighted by Crippen LogP contribution is -2.41. The first-order valence-corrected chi connectivity index (χ1v) is 8.96. The van der Waals surface area contributed by atoms with E-state index >= 15 is 0 Å². The molecule has 0 amide bonds. The topological polar surface area (TPSA) is 68.1 Å². The number of aryl methyl sites for hydroxylation is 2. The highest BCUT2D eigenvalue weighted by Gasteiger charge is 2.59. The molecule has 1 aliphatic heterocycles. The number of fused-ring (bicyclic) bond motifs is 3. The van der Waals surface area contributed by atoms with Crippen LogP contribution < -0.4 is 10.0 Å². The average molecular weight is 314 g/mol. The Morgan fingerprint density at radius 3 is 2.64 bits per heavy atom. The van der Waals surface area contributed by atoms with Crippen molar-refractivity contribution < 1.29 is 8.42 Å². The van der Waals surface area contributed by atoms with Gasteiger partial charge in [-0.1, -0.05) is 42.0 Å². The molecule has 0 aromatic heterocycles. The fraction of sp³-hybridized carbons (Fsp3) is 0.294. The summed E-state index contributed by atoms with van der Waals surface area (Å²) in [6.45, 7) is 1.94. The van der Waals surface area contributed by atoms with Gasteiger partial charge in [0.25, 0.3) is 0 Å². The second-order valence-corrected chi connectivity index (χ2v) is 7.80. The zero-order valence-corrected chi connectivity index (χ0v) is 13.2.